The van der Waals surface area contributed by atoms with Gasteiger partial charge < -0.3 is 10.6 Å². The Morgan fingerprint density at radius 3 is 2.82 bits per heavy atom. The third-order valence-electron chi connectivity index (χ3n) is 2.90. The second-order valence-electron chi connectivity index (χ2n) is 3.99. The highest BCUT2D eigenvalue weighted by molar-refractivity contribution is 7.10. The van der Waals surface area contributed by atoms with Crippen molar-refractivity contribution in [2.75, 3.05) is 11.9 Å². The van der Waals surface area contributed by atoms with Crippen LogP contribution in [-0.2, 0) is 6.54 Å². The van der Waals surface area contributed by atoms with Gasteiger partial charge in [0.2, 0.25) is 0 Å². The lowest BCUT2D eigenvalue weighted by atomic mass is 10.2. The number of hydrogen-bond donors (Lipinski definition) is 1. The summed E-state index contributed by atoms with van der Waals surface area (Å²) in [7, 11) is 2.06. The van der Waals surface area contributed by atoms with Crippen LogP contribution in [0.4, 0.5) is 5.82 Å². The Bertz CT molecular complexity index is 467. The van der Waals surface area contributed by atoms with E-state index in [0.29, 0.717) is 12.6 Å². The van der Waals surface area contributed by atoms with E-state index >= 15 is 0 Å². The van der Waals surface area contributed by atoms with E-state index in [1.54, 1.807) is 11.3 Å². The Kier molecular flexibility index (Phi) is 3.76. The minimum atomic E-state index is 0.329. The molecule has 1 atom stereocenters. The van der Waals surface area contributed by atoms with Crippen LogP contribution in [0.3, 0.4) is 0 Å². The molecule has 0 saturated heterocycles. The van der Waals surface area contributed by atoms with Crippen molar-refractivity contribution in [2.45, 2.75) is 19.5 Å². The Morgan fingerprint density at radius 2 is 2.18 bits per heavy atom. The maximum absolute atomic E-state index is 5.61. The van der Waals surface area contributed by atoms with Crippen LogP contribution in [-0.4, -0.2) is 12.0 Å². The molecule has 0 aliphatic rings. The molecule has 0 amide bonds. The number of nitrogens with zero attached hydrogens (tertiary/aromatic N) is 2. The van der Waals surface area contributed by atoms with E-state index in [2.05, 4.69) is 41.4 Å². The maximum Gasteiger partial charge on any atom is 0.129 e. The molecule has 3 nitrogen and oxygen atoms in total. The fourth-order valence-corrected chi connectivity index (χ4v) is 2.52. The molecule has 0 spiro atoms. The van der Waals surface area contributed by atoms with Crippen LogP contribution in [0.15, 0.2) is 35.7 Å². The molecule has 2 aromatic heterocycles. The van der Waals surface area contributed by atoms with Gasteiger partial charge in [-0.25, -0.2) is 4.98 Å². The van der Waals surface area contributed by atoms with Gasteiger partial charge in [0.25, 0.3) is 0 Å². The van der Waals surface area contributed by atoms with E-state index in [-0.39, 0.29) is 0 Å². The van der Waals surface area contributed by atoms with Crippen LogP contribution in [0.1, 0.15) is 23.5 Å². The zero-order chi connectivity index (χ0) is 12.3. The zero-order valence-corrected chi connectivity index (χ0v) is 10.9. The van der Waals surface area contributed by atoms with E-state index in [4.69, 9.17) is 5.73 Å². The Labute approximate surface area is 106 Å². The average molecular weight is 247 g/mol. The molecule has 0 aliphatic carbocycles. The predicted molar refractivity (Wildman–Crippen MR) is 73.3 cm³/mol. The molecule has 2 heterocycles. The van der Waals surface area contributed by atoms with Crippen LogP contribution >= 0.6 is 11.3 Å². The molecule has 0 aromatic carbocycles. The van der Waals surface area contributed by atoms with E-state index in [0.717, 1.165) is 11.5 Å². The molecule has 0 aliphatic heterocycles. The third kappa shape index (κ3) is 2.65. The summed E-state index contributed by atoms with van der Waals surface area (Å²) in [6.45, 7) is 2.66. The van der Waals surface area contributed by atoms with E-state index < -0.39 is 0 Å². The van der Waals surface area contributed by atoms with Crippen molar-refractivity contribution < 1.29 is 0 Å². The first-order valence-corrected chi connectivity index (χ1v) is 6.52. The van der Waals surface area contributed by atoms with Crippen molar-refractivity contribution in [3.05, 3.63) is 46.3 Å². The molecule has 2 rings (SSSR count). The van der Waals surface area contributed by atoms with E-state index in [1.165, 1.54) is 4.88 Å². The molecular formula is C13H17N3S. The molecule has 0 radical (unpaired) electrons. The van der Waals surface area contributed by atoms with Crippen molar-refractivity contribution in [1.82, 2.24) is 4.98 Å². The summed E-state index contributed by atoms with van der Waals surface area (Å²) in [5.74, 6) is 0.967. The zero-order valence-electron chi connectivity index (χ0n) is 10.1. The summed E-state index contributed by atoms with van der Waals surface area (Å²) in [6.07, 6.45) is 0. The lowest BCUT2D eigenvalue weighted by Gasteiger charge is -2.25. The summed E-state index contributed by atoms with van der Waals surface area (Å²) in [4.78, 5) is 8.04. The minimum absolute atomic E-state index is 0.329. The highest BCUT2D eigenvalue weighted by atomic mass is 32.1. The smallest absolute Gasteiger partial charge is 0.129 e. The highest BCUT2D eigenvalue weighted by Gasteiger charge is 2.14. The largest absolute Gasteiger partial charge is 0.352 e. The molecule has 4 heteroatoms. The molecule has 0 saturated carbocycles. The van der Waals surface area contributed by atoms with E-state index in [9.17, 15) is 0 Å². The van der Waals surface area contributed by atoms with Crippen LogP contribution < -0.4 is 10.6 Å². The maximum atomic E-state index is 5.61. The lowest BCUT2D eigenvalue weighted by Crippen LogP contribution is -2.22. The van der Waals surface area contributed by atoms with Gasteiger partial charge in [-0.2, -0.15) is 0 Å². The number of rotatable bonds is 4. The summed E-state index contributed by atoms with van der Waals surface area (Å²) in [5.41, 5.74) is 6.53. The standard InChI is InChI=1S/C13H17N3S/c1-10(12-6-4-8-17-12)16(2)13-7-3-5-11(9-14)15-13/h3-8,10H,9,14H2,1-2H3. The summed E-state index contributed by atoms with van der Waals surface area (Å²) in [5, 5.41) is 2.10. The number of pyridine rings is 1. The lowest BCUT2D eigenvalue weighted by molar-refractivity contribution is 0.738. The van der Waals surface area contributed by atoms with Crippen molar-refractivity contribution in [3.8, 4) is 0 Å². The molecule has 1 unspecified atom stereocenters. The minimum Gasteiger partial charge on any atom is -0.352 e. The summed E-state index contributed by atoms with van der Waals surface area (Å²) >= 11 is 1.77. The molecule has 90 valence electrons. The number of thiophene rings is 1. The van der Waals surface area contributed by atoms with Gasteiger partial charge in [-0.05, 0) is 30.5 Å². The van der Waals surface area contributed by atoms with Gasteiger partial charge in [0, 0.05) is 18.5 Å². The molecular weight excluding hydrogens is 230 g/mol. The van der Waals surface area contributed by atoms with Crippen LogP contribution in [0, 0.1) is 0 Å². The first-order chi connectivity index (χ1) is 8.22. The number of nitrogens with two attached hydrogens (primary N) is 1. The number of aromatic nitrogens is 1. The number of anilines is 1. The molecule has 2 aromatic rings. The normalized spacial score (nSPS) is 12.4. The fourth-order valence-electron chi connectivity index (χ4n) is 1.70. The first kappa shape index (κ1) is 12.1. The van der Waals surface area contributed by atoms with E-state index in [1.807, 2.05) is 18.2 Å². The predicted octanol–water partition coefficient (Wildman–Crippen LogP) is 2.80. The second kappa shape index (κ2) is 5.29. The summed E-state index contributed by atoms with van der Waals surface area (Å²) in [6, 6.07) is 10.5. The fraction of sp³-hybridized carbons (Fsp3) is 0.308. The molecule has 0 fully saturated rings. The van der Waals surface area contributed by atoms with Crippen molar-refractivity contribution in [1.29, 1.82) is 0 Å². The van der Waals surface area contributed by atoms with Crippen molar-refractivity contribution >= 4 is 17.2 Å². The van der Waals surface area contributed by atoms with Gasteiger partial charge in [-0.1, -0.05) is 12.1 Å². The van der Waals surface area contributed by atoms with Crippen LogP contribution in [0.2, 0.25) is 0 Å². The second-order valence-corrected chi connectivity index (χ2v) is 4.97. The molecule has 0 bridgehead atoms. The summed E-state index contributed by atoms with van der Waals surface area (Å²) < 4.78 is 0. The first-order valence-electron chi connectivity index (χ1n) is 5.64. The SMILES string of the molecule is CC(c1cccs1)N(C)c1cccc(CN)n1. The quantitative estimate of drug-likeness (QED) is 0.903. The molecule has 2 N–H and O–H groups in total. The van der Waals surface area contributed by atoms with Gasteiger partial charge in [-0.3, -0.25) is 0 Å². The van der Waals surface area contributed by atoms with Crippen LogP contribution in [0.25, 0.3) is 0 Å². The highest BCUT2D eigenvalue weighted by Crippen LogP contribution is 2.26. The monoisotopic (exact) mass is 247 g/mol. The van der Waals surface area contributed by atoms with Crippen molar-refractivity contribution in [2.24, 2.45) is 5.73 Å². The third-order valence-corrected chi connectivity index (χ3v) is 3.94. The molecule has 17 heavy (non-hydrogen) atoms. The van der Waals surface area contributed by atoms with Gasteiger partial charge in [0.1, 0.15) is 5.82 Å². The van der Waals surface area contributed by atoms with Gasteiger partial charge in [-0.15, -0.1) is 11.3 Å². The number of hydrogen-bond acceptors (Lipinski definition) is 4. The topological polar surface area (TPSA) is 42.1 Å². The van der Waals surface area contributed by atoms with Gasteiger partial charge in [0.15, 0.2) is 0 Å². The van der Waals surface area contributed by atoms with Gasteiger partial charge in [0.05, 0.1) is 11.7 Å². The average Bonchev–Trinajstić information content (AvgIpc) is 2.91. The Balaban J connectivity index is 2.21. The Morgan fingerprint density at radius 1 is 1.35 bits per heavy atom. The van der Waals surface area contributed by atoms with Crippen LogP contribution in [0.5, 0.6) is 0 Å². The van der Waals surface area contributed by atoms with Crippen molar-refractivity contribution in [3.63, 3.8) is 0 Å². The van der Waals surface area contributed by atoms with Gasteiger partial charge >= 0.3 is 0 Å². The Hall–Kier alpha value is -1.39.